The van der Waals surface area contributed by atoms with Gasteiger partial charge in [0.2, 0.25) is 15.9 Å². The molecule has 2 aliphatic rings. The van der Waals surface area contributed by atoms with Crippen molar-refractivity contribution in [2.24, 2.45) is 5.92 Å². The van der Waals surface area contributed by atoms with Gasteiger partial charge in [-0.1, -0.05) is 0 Å². The molecule has 3 rings (SSSR count). The Morgan fingerprint density at radius 3 is 2.23 bits per heavy atom. The van der Waals surface area contributed by atoms with Crippen LogP contribution in [0.1, 0.15) is 25.7 Å². The lowest BCUT2D eigenvalue weighted by molar-refractivity contribution is -0.137. The SMILES string of the molecule is Cl.O=C(C1CCNCC1)N1CCC(NS(=O)(=O)c2ccc(F)cc2)CC1. The van der Waals surface area contributed by atoms with E-state index in [1.54, 1.807) is 0 Å². The van der Waals surface area contributed by atoms with Crippen LogP contribution in [-0.4, -0.2) is 51.4 Å². The number of benzene rings is 1. The smallest absolute Gasteiger partial charge is 0.240 e. The molecule has 9 heteroatoms. The number of nitrogens with zero attached hydrogens (tertiary/aromatic N) is 1. The highest BCUT2D eigenvalue weighted by Gasteiger charge is 2.30. The van der Waals surface area contributed by atoms with E-state index in [9.17, 15) is 17.6 Å². The van der Waals surface area contributed by atoms with Crippen molar-refractivity contribution in [1.29, 1.82) is 0 Å². The molecule has 6 nitrogen and oxygen atoms in total. The number of piperidine rings is 2. The Labute approximate surface area is 160 Å². The van der Waals surface area contributed by atoms with E-state index in [1.165, 1.54) is 12.1 Å². The zero-order valence-electron chi connectivity index (χ0n) is 14.5. The molecule has 2 heterocycles. The first-order valence-corrected chi connectivity index (χ1v) is 10.2. The van der Waals surface area contributed by atoms with E-state index in [0.29, 0.717) is 25.9 Å². The molecule has 26 heavy (non-hydrogen) atoms. The van der Waals surface area contributed by atoms with Gasteiger partial charge in [-0.25, -0.2) is 17.5 Å². The number of nitrogens with one attached hydrogen (secondary N) is 2. The Kier molecular flexibility index (Phi) is 7.40. The largest absolute Gasteiger partial charge is 0.342 e. The van der Waals surface area contributed by atoms with Gasteiger partial charge >= 0.3 is 0 Å². The summed E-state index contributed by atoms with van der Waals surface area (Å²) in [6.45, 7) is 2.90. The highest BCUT2D eigenvalue weighted by atomic mass is 35.5. The average Bonchev–Trinajstić information content (AvgIpc) is 2.62. The highest BCUT2D eigenvalue weighted by Crippen LogP contribution is 2.20. The lowest BCUT2D eigenvalue weighted by Crippen LogP contribution is -2.49. The van der Waals surface area contributed by atoms with Crippen molar-refractivity contribution in [3.63, 3.8) is 0 Å². The molecule has 1 amide bonds. The Balaban J connectivity index is 0.00000243. The molecule has 0 unspecified atom stereocenters. The summed E-state index contributed by atoms with van der Waals surface area (Å²) in [5.74, 6) is -0.182. The van der Waals surface area contributed by atoms with Gasteiger partial charge in [0.25, 0.3) is 0 Å². The summed E-state index contributed by atoms with van der Waals surface area (Å²) in [6, 6.07) is 4.58. The Hall–Kier alpha value is -1.22. The average molecular weight is 406 g/mol. The molecular weight excluding hydrogens is 381 g/mol. The molecule has 0 radical (unpaired) electrons. The first-order chi connectivity index (χ1) is 12.0. The van der Waals surface area contributed by atoms with Gasteiger partial charge in [0.15, 0.2) is 0 Å². The minimum atomic E-state index is -3.66. The maximum absolute atomic E-state index is 12.9. The first kappa shape index (κ1) is 21.1. The molecule has 2 N–H and O–H groups in total. The van der Waals surface area contributed by atoms with Crippen LogP contribution in [0.2, 0.25) is 0 Å². The van der Waals surface area contributed by atoms with Crippen LogP contribution in [0.4, 0.5) is 4.39 Å². The molecule has 0 atom stereocenters. The summed E-state index contributed by atoms with van der Waals surface area (Å²) >= 11 is 0. The second-order valence-corrected chi connectivity index (χ2v) is 8.41. The predicted octanol–water partition coefficient (Wildman–Crippen LogP) is 1.52. The van der Waals surface area contributed by atoms with Crippen molar-refractivity contribution >= 4 is 28.3 Å². The molecule has 0 saturated carbocycles. The van der Waals surface area contributed by atoms with Crippen molar-refractivity contribution in [1.82, 2.24) is 14.9 Å². The third-order valence-electron chi connectivity index (χ3n) is 4.94. The molecule has 1 aromatic rings. The van der Waals surface area contributed by atoms with Crippen LogP contribution in [0.3, 0.4) is 0 Å². The second-order valence-electron chi connectivity index (χ2n) is 6.70. The molecule has 2 aliphatic heterocycles. The fourth-order valence-electron chi connectivity index (χ4n) is 3.45. The van der Waals surface area contributed by atoms with E-state index in [-0.39, 0.29) is 35.2 Å². The number of carbonyl (C=O) groups is 1. The number of hydrogen-bond donors (Lipinski definition) is 2. The van der Waals surface area contributed by atoms with E-state index < -0.39 is 15.8 Å². The van der Waals surface area contributed by atoms with E-state index >= 15 is 0 Å². The van der Waals surface area contributed by atoms with Crippen LogP contribution in [0, 0.1) is 11.7 Å². The van der Waals surface area contributed by atoms with Gasteiger partial charge in [-0.05, 0) is 63.0 Å². The monoisotopic (exact) mass is 405 g/mol. The van der Waals surface area contributed by atoms with Gasteiger partial charge in [0, 0.05) is 25.0 Å². The molecule has 1 aromatic carbocycles. The first-order valence-electron chi connectivity index (χ1n) is 8.73. The number of rotatable bonds is 4. The quantitative estimate of drug-likeness (QED) is 0.796. The lowest BCUT2D eigenvalue weighted by atomic mass is 9.95. The molecule has 2 saturated heterocycles. The minimum Gasteiger partial charge on any atom is -0.342 e. The second kappa shape index (κ2) is 9.12. The van der Waals surface area contributed by atoms with Crippen molar-refractivity contribution in [3.8, 4) is 0 Å². The predicted molar refractivity (Wildman–Crippen MR) is 99.2 cm³/mol. The van der Waals surface area contributed by atoms with Crippen LogP contribution in [-0.2, 0) is 14.8 Å². The number of amides is 1. The summed E-state index contributed by atoms with van der Waals surface area (Å²) in [4.78, 5) is 14.4. The summed E-state index contributed by atoms with van der Waals surface area (Å²) in [7, 11) is -3.66. The van der Waals surface area contributed by atoms with Crippen LogP contribution >= 0.6 is 12.4 Å². The third kappa shape index (κ3) is 5.16. The van der Waals surface area contributed by atoms with Gasteiger partial charge in [0.1, 0.15) is 5.82 Å². The molecule has 0 bridgehead atoms. The van der Waals surface area contributed by atoms with Crippen molar-refractivity contribution in [2.45, 2.75) is 36.6 Å². The fraction of sp³-hybridized carbons (Fsp3) is 0.588. The van der Waals surface area contributed by atoms with Crippen molar-refractivity contribution in [2.75, 3.05) is 26.2 Å². The van der Waals surface area contributed by atoms with Gasteiger partial charge in [-0.15, -0.1) is 12.4 Å². The highest BCUT2D eigenvalue weighted by molar-refractivity contribution is 7.89. The zero-order valence-corrected chi connectivity index (χ0v) is 16.1. The molecule has 0 spiro atoms. The summed E-state index contributed by atoms with van der Waals surface area (Å²) in [5.41, 5.74) is 0. The van der Waals surface area contributed by atoms with E-state index in [2.05, 4.69) is 10.0 Å². The Morgan fingerprint density at radius 1 is 1.08 bits per heavy atom. The zero-order chi connectivity index (χ0) is 17.9. The summed E-state index contributed by atoms with van der Waals surface area (Å²) < 4.78 is 40.3. The number of carbonyl (C=O) groups excluding carboxylic acids is 1. The van der Waals surface area contributed by atoms with Gasteiger partial charge in [-0.3, -0.25) is 4.79 Å². The van der Waals surface area contributed by atoms with Crippen molar-refractivity contribution in [3.05, 3.63) is 30.1 Å². The van der Waals surface area contributed by atoms with E-state index in [0.717, 1.165) is 38.1 Å². The molecule has 0 aromatic heterocycles. The number of halogens is 2. The molecule has 146 valence electrons. The normalized spacial score (nSPS) is 19.8. The lowest BCUT2D eigenvalue weighted by Gasteiger charge is -2.35. The topological polar surface area (TPSA) is 78.5 Å². The fourth-order valence-corrected chi connectivity index (χ4v) is 4.75. The molecule has 2 fully saturated rings. The van der Waals surface area contributed by atoms with Gasteiger partial charge in [-0.2, -0.15) is 0 Å². The molecule has 0 aliphatic carbocycles. The Bertz CT molecular complexity index is 700. The van der Waals surface area contributed by atoms with Gasteiger partial charge < -0.3 is 10.2 Å². The standard InChI is InChI=1S/C17H24FN3O3S.ClH/c18-14-1-3-16(4-2-14)25(23,24)20-15-7-11-21(12-8-15)17(22)13-5-9-19-10-6-13;/h1-4,13,15,19-20H,5-12H2;1H. The Morgan fingerprint density at radius 2 is 1.65 bits per heavy atom. The maximum Gasteiger partial charge on any atom is 0.240 e. The van der Waals surface area contributed by atoms with Gasteiger partial charge in [0.05, 0.1) is 4.90 Å². The van der Waals surface area contributed by atoms with Crippen LogP contribution in [0.25, 0.3) is 0 Å². The summed E-state index contributed by atoms with van der Waals surface area (Å²) in [6.07, 6.45) is 2.93. The van der Waals surface area contributed by atoms with Crippen molar-refractivity contribution < 1.29 is 17.6 Å². The summed E-state index contributed by atoms with van der Waals surface area (Å²) in [5, 5.41) is 3.25. The molecular formula is C17H25ClFN3O3S. The van der Waals surface area contributed by atoms with E-state index in [1.807, 2.05) is 4.90 Å². The van der Waals surface area contributed by atoms with Crippen LogP contribution in [0.15, 0.2) is 29.2 Å². The van der Waals surface area contributed by atoms with Crippen LogP contribution < -0.4 is 10.0 Å². The minimum absolute atomic E-state index is 0. The third-order valence-corrected chi connectivity index (χ3v) is 6.48. The maximum atomic E-state index is 12.9. The number of sulfonamides is 1. The van der Waals surface area contributed by atoms with E-state index in [4.69, 9.17) is 0 Å². The number of hydrogen-bond acceptors (Lipinski definition) is 4. The van der Waals surface area contributed by atoms with Crippen LogP contribution in [0.5, 0.6) is 0 Å². The number of likely N-dealkylation sites (tertiary alicyclic amines) is 1.